The number of carbonyl (C=O) groups excluding carboxylic acids is 4. The minimum atomic E-state index is -0.657. The zero-order valence-electron chi connectivity index (χ0n) is 13.0. The third-order valence-corrected chi connectivity index (χ3v) is 3.71. The van der Waals surface area contributed by atoms with Gasteiger partial charge in [-0.25, -0.2) is 0 Å². The molecule has 0 saturated heterocycles. The standard InChI is InChI=1S/C9H7NO3.C8H5NO3/c1-13-10-8(11)6-4-2-3-5-7(6)9(10)12;10-7-5-3-1-2-4-6(5)8(11)9(7)12/h2-5H,1H3;1-4,12H. The molecule has 0 spiro atoms. The number of imide groups is 2. The number of hydroxylamine groups is 4. The number of benzene rings is 2. The number of hydrogen-bond acceptors (Lipinski definition) is 6. The molecular weight excluding hydrogens is 328 g/mol. The Morgan fingerprint density at radius 1 is 0.680 bits per heavy atom. The molecule has 2 aromatic carbocycles. The fourth-order valence-corrected chi connectivity index (χ4v) is 2.51. The minimum Gasteiger partial charge on any atom is -0.278 e. The van der Waals surface area contributed by atoms with E-state index in [4.69, 9.17) is 5.21 Å². The third-order valence-electron chi connectivity index (χ3n) is 3.71. The highest BCUT2D eigenvalue weighted by molar-refractivity contribution is 6.21. The summed E-state index contributed by atoms with van der Waals surface area (Å²) in [7, 11) is 1.29. The van der Waals surface area contributed by atoms with E-state index < -0.39 is 23.6 Å². The minimum absolute atomic E-state index is 0.130. The Balaban J connectivity index is 0.000000146. The topological polar surface area (TPSA) is 104 Å². The SMILES string of the molecule is CON1C(=O)c2ccccc2C1=O.O=C1c2ccccc2C(=O)N1O. The fourth-order valence-electron chi connectivity index (χ4n) is 2.51. The second-order valence-corrected chi connectivity index (χ2v) is 5.10. The maximum absolute atomic E-state index is 11.4. The van der Waals surface area contributed by atoms with Crippen molar-refractivity contribution in [1.82, 2.24) is 10.1 Å². The molecule has 0 radical (unpaired) electrons. The molecular formula is C17H12N2O6. The smallest absolute Gasteiger partial charge is 0.278 e. The zero-order chi connectivity index (χ0) is 18.1. The van der Waals surface area contributed by atoms with Crippen LogP contribution in [0.15, 0.2) is 48.5 Å². The first-order valence-corrected chi connectivity index (χ1v) is 7.16. The normalized spacial score (nSPS) is 15.1. The van der Waals surface area contributed by atoms with Gasteiger partial charge in [-0.15, -0.1) is 10.1 Å². The number of fused-ring (bicyclic) bond motifs is 2. The van der Waals surface area contributed by atoms with Gasteiger partial charge in [0.15, 0.2) is 0 Å². The Morgan fingerprint density at radius 2 is 1.00 bits per heavy atom. The maximum atomic E-state index is 11.4. The van der Waals surface area contributed by atoms with E-state index in [1.165, 1.54) is 19.2 Å². The number of nitrogens with zero attached hydrogens (tertiary/aromatic N) is 2. The third kappa shape index (κ3) is 2.59. The predicted octanol–water partition coefficient (Wildman–Crippen LogP) is 1.52. The molecule has 25 heavy (non-hydrogen) atoms. The Morgan fingerprint density at radius 3 is 1.32 bits per heavy atom. The van der Waals surface area contributed by atoms with Crippen molar-refractivity contribution < 1.29 is 29.2 Å². The first-order chi connectivity index (χ1) is 12.0. The van der Waals surface area contributed by atoms with E-state index in [0.717, 1.165) is 5.06 Å². The highest BCUT2D eigenvalue weighted by atomic mass is 16.7. The summed E-state index contributed by atoms with van der Waals surface area (Å²) in [5, 5.41) is 9.81. The summed E-state index contributed by atoms with van der Waals surface area (Å²) in [4.78, 5) is 49.6. The lowest BCUT2D eigenvalue weighted by Crippen LogP contribution is -2.28. The number of hydrogen-bond donors (Lipinski definition) is 1. The Kier molecular flexibility index (Phi) is 4.14. The highest BCUT2D eigenvalue weighted by Crippen LogP contribution is 2.22. The first kappa shape index (κ1) is 16.5. The van der Waals surface area contributed by atoms with Crippen LogP contribution in [-0.4, -0.2) is 46.1 Å². The second-order valence-electron chi connectivity index (χ2n) is 5.10. The molecule has 2 heterocycles. The maximum Gasteiger partial charge on any atom is 0.285 e. The molecule has 4 rings (SSSR count). The Labute approximate surface area is 141 Å². The van der Waals surface area contributed by atoms with Gasteiger partial charge in [0.25, 0.3) is 23.6 Å². The molecule has 2 aliphatic heterocycles. The summed E-state index contributed by atoms with van der Waals surface area (Å²) < 4.78 is 0. The molecule has 0 aliphatic carbocycles. The van der Waals surface area contributed by atoms with Crippen LogP contribution >= 0.6 is 0 Å². The summed E-state index contributed by atoms with van der Waals surface area (Å²) in [5.74, 6) is -2.11. The van der Waals surface area contributed by atoms with Crippen LogP contribution in [0.4, 0.5) is 0 Å². The van der Waals surface area contributed by atoms with E-state index >= 15 is 0 Å². The van der Waals surface area contributed by atoms with Crippen molar-refractivity contribution in [2.75, 3.05) is 7.11 Å². The molecule has 126 valence electrons. The Hall–Kier alpha value is -3.36. The van der Waals surface area contributed by atoms with Gasteiger partial charge in [-0.05, 0) is 24.3 Å². The largest absolute Gasteiger partial charge is 0.285 e. The number of carbonyl (C=O) groups is 4. The average Bonchev–Trinajstić information content (AvgIpc) is 3.02. The van der Waals surface area contributed by atoms with Crippen molar-refractivity contribution in [2.45, 2.75) is 0 Å². The van der Waals surface area contributed by atoms with E-state index in [0.29, 0.717) is 11.1 Å². The van der Waals surface area contributed by atoms with Crippen LogP contribution in [0.5, 0.6) is 0 Å². The van der Waals surface area contributed by atoms with Crippen LogP contribution in [0.1, 0.15) is 41.4 Å². The molecule has 8 nitrogen and oxygen atoms in total. The quantitative estimate of drug-likeness (QED) is 0.623. The molecule has 0 atom stereocenters. The van der Waals surface area contributed by atoms with Crippen LogP contribution in [0.25, 0.3) is 0 Å². The first-order valence-electron chi connectivity index (χ1n) is 7.16. The molecule has 0 unspecified atom stereocenters. The van der Waals surface area contributed by atoms with Gasteiger partial charge in [0.2, 0.25) is 0 Å². The molecule has 0 aromatic heterocycles. The summed E-state index contributed by atoms with van der Waals surface area (Å²) >= 11 is 0. The number of rotatable bonds is 1. The zero-order valence-corrected chi connectivity index (χ0v) is 13.0. The van der Waals surface area contributed by atoms with Gasteiger partial charge >= 0.3 is 0 Å². The highest BCUT2D eigenvalue weighted by Gasteiger charge is 2.35. The van der Waals surface area contributed by atoms with Crippen molar-refractivity contribution in [3.8, 4) is 0 Å². The van der Waals surface area contributed by atoms with E-state index in [-0.39, 0.29) is 16.2 Å². The van der Waals surface area contributed by atoms with E-state index in [1.54, 1.807) is 36.4 Å². The molecule has 4 amide bonds. The van der Waals surface area contributed by atoms with E-state index in [1.807, 2.05) is 0 Å². The second kappa shape index (κ2) is 6.27. The van der Waals surface area contributed by atoms with E-state index in [2.05, 4.69) is 4.84 Å². The van der Waals surface area contributed by atoms with Crippen LogP contribution in [-0.2, 0) is 4.84 Å². The van der Waals surface area contributed by atoms with Crippen LogP contribution in [0, 0.1) is 0 Å². The van der Waals surface area contributed by atoms with Gasteiger partial charge in [0.1, 0.15) is 0 Å². The molecule has 2 aliphatic rings. The van der Waals surface area contributed by atoms with Crippen molar-refractivity contribution >= 4 is 23.6 Å². The van der Waals surface area contributed by atoms with Crippen molar-refractivity contribution in [3.05, 3.63) is 70.8 Å². The molecule has 0 fully saturated rings. The monoisotopic (exact) mass is 340 g/mol. The van der Waals surface area contributed by atoms with E-state index in [9.17, 15) is 19.2 Å². The van der Waals surface area contributed by atoms with Crippen LogP contribution < -0.4 is 0 Å². The van der Waals surface area contributed by atoms with Gasteiger partial charge in [0, 0.05) is 0 Å². The molecule has 2 aromatic rings. The molecule has 0 bridgehead atoms. The van der Waals surface area contributed by atoms with Gasteiger partial charge in [-0.2, -0.15) is 0 Å². The van der Waals surface area contributed by atoms with Gasteiger partial charge in [-0.3, -0.25) is 29.2 Å². The van der Waals surface area contributed by atoms with Crippen molar-refractivity contribution in [2.24, 2.45) is 0 Å². The Bertz CT molecular complexity index is 838. The fraction of sp³-hybridized carbons (Fsp3) is 0.0588. The lowest BCUT2D eigenvalue weighted by atomic mass is 10.1. The van der Waals surface area contributed by atoms with Gasteiger partial charge < -0.3 is 0 Å². The molecule has 1 N–H and O–H groups in total. The lowest BCUT2D eigenvalue weighted by Gasteiger charge is -2.07. The summed E-state index contributed by atoms with van der Waals surface area (Å²) in [6.07, 6.45) is 0. The van der Waals surface area contributed by atoms with Crippen molar-refractivity contribution in [1.29, 1.82) is 0 Å². The average molecular weight is 340 g/mol. The van der Waals surface area contributed by atoms with Gasteiger partial charge in [-0.1, -0.05) is 24.3 Å². The van der Waals surface area contributed by atoms with Crippen LogP contribution in [0.3, 0.4) is 0 Å². The van der Waals surface area contributed by atoms with Crippen molar-refractivity contribution in [3.63, 3.8) is 0 Å². The summed E-state index contributed by atoms with van der Waals surface area (Å²) in [6.45, 7) is 0. The molecule has 0 saturated carbocycles. The predicted molar refractivity (Wildman–Crippen MR) is 82.7 cm³/mol. The summed E-state index contributed by atoms with van der Waals surface area (Å²) in [6, 6.07) is 12.9. The summed E-state index contributed by atoms with van der Waals surface area (Å²) in [5.41, 5.74) is 1.30. The number of amides is 4. The van der Waals surface area contributed by atoms with Gasteiger partial charge in [0.05, 0.1) is 29.4 Å². The molecule has 8 heteroatoms. The van der Waals surface area contributed by atoms with Crippen LogP contribution in [0.2, 0.25) is 0 Å². The lowest BCUT2D eigenvalue weighted by molar-refractivity contribution is -0.0645.